The summed E-state index contributed by atoms with van der Waals surface area (Å²) in [4.78, 5) is 23.9. The minimum atomic E-state index is -0.356. The summed E-state index contributed by atoms with van der Waals surface area (Å²) in [6.45, 7) is 10.8. The summed E-state index contributed by atoms with van der Waals surface area (Å²) in [6.07, 6.45) is 3.30. The molecule has 0 aliphatic heterocycles. The Hall–Kier alpha value is -1.06. The minimum absolute atomic E-state index is 0.00430. The van der Waals surface area contributed by atoms with E-state index in [9.17, 15) is 9.59 Å². The SMILES string of the molecule is CCCC[C@H](C(N)=O)[C@@H](CC(C)(C)C)C(=O)NCC. The van der Waals surface area contributed by atoms with Gasteiger partial charge in [-0.15, -0.1) is 0 Å². The molecule has 0 aromatic carbocycles. The summed E-state index contributed by atoms with van der Waals surface area (Å²) in [5.41, 5.74) is 5.51. The van der Waals surface area contributed by atoms with E-state index in [0.29, 0.717) is 19.4 Å². The number of nitrogens with two attached hydrogens (primary N) is 1. The van der Waals surface area contributed by atoms with Gasteiger partial charge in [0.25, 0.3) is 0 Å². The molecule has 112 valence electrons. The van der Waals surface area contributed by atoms with E-state index in [1.54, 1.807) is 0 Å². The molecule has 2 atom stereocenters. The highest BCUT2D eigenvalue weighted by Crippen LogP contribution is 2.31. The highest BCUT2D eigenvalue weighted by Gasteiger charge is 2.34. The quantitative estimate of drug-likeness (QED) is 0.711. The van der Waals surface area contributed by atoms with Gasteiger partial charge < -0.3 is 11.1 Å². The zero-order valence-electron chi connectivity index (χ0n) is 13.1. The Labute approximate surface area is 117 Å². The predicted octanol–water partition coefficient (Wildman–Crippen LogP) is 2.47. The molecule has 0 aromatic rings. The van der Waals surface area contributed by atoms with Crippen LogP contribution in [0.25, 0.3) is 0 Å². The van der Waals surface area contributed by atoms with Crippen LogP contribution in [-0.4, -0.2) is 18.4 Å². The molecule has 0 radical (unpaired) electrons. The Bertz CT molecular complexity index is 295. The lowest BCUT2D eigenvalue weighted by atomic mass is 9.76. The first kappa shape index (κ1) is 17.9. The molecule has 0 heterocycles. The van der Waals surface area contributed by atoms with Crippen molar-refractivity contribution in [2.75, 3.05) is 6.54 Å². The molecule has 0 rings (SSSR count). The first-order valence-corrected chi connectivity index (χ1v) is 7.30. The molecule has 4 heteroatoms. The molecule has 4 nitrogen and oxygen atoms in total. The van der Waals surface area contributed by atoms with Gasteiger partial charge >= 0.3 is 0 Å². The van der Waals surface area contributed by atoms with Crippen LogP contribution < -0.4 is 11.1 Å². The topological polar surface area (TPSA) is 72.2 Å². The van der Waals surface area contributed by atoms with Crippen LogP contribution in [-0.2, 0) is 9.59 Å². The molecule has 0 spiro atoms. The van der Waals surface area contributed by atoms with Crippen molar-refractivity contribution in [2.45, 2.75) is 60.3 Å². The Morgan fingerprint density at radius 2 is 1.74 bits per heavy atom. The van der Waals surface area contributed by atoms with Crippen LogP contribution in [0.15, 0.2) is 0 Å². The second-order valence-corrected chi connectivity index (χ2v) is 6.42. The van der Waals surface area contributed by atoms with Gasteiger partial charge in [-0.3, -0.25) is 9.59 Å². The Morgan fingerprint density at radius 3 is 2.11 bits per heavy atom. The van der Waals surface area contributed by atoms with Gasteiger partial charge in [0.2, 0.25) is 11.8 Å². The Morgan fingerprint density at radius 1 is 1.16 bits per heavy atom. The number of hydrogen-bond acceptors (Lipinski definition) is 2. The van der Waals surface area contributed by atoms with Crippen LogP contribution in [0.2, 0.25) is 0 Å². The van der Waals surface area contributed by atoms with Crippen molar-refractivity contribution in [3.05, 3.63) is 0 Å². The van der Waals surface area contributed by atoms with E-state index in [0.717, 1.165) is 12.8 Å². The fourth-order valence-corrected chi connectivity index (χ4v) is 2.35. The third-order valence-corrected chi connectivity index (χ3v) is 3.24. The van der Waals surface area contributed by atoms with E-state index in [1.165, 1.54) is 0 Å². The van der Waals surface area contributed by atoms with Gasteiger partial charge in [-0.25, -0.2) is 0 Å². The lowest BCUT2D eigenvalue weighted by Gasteiger charge is -2.30. The molecule has 0 saturated carbocycles. The Kier molecular flexibility index (Phi) is 7.72. The molecule has 0 saturated heterocycles. The molecule has 3 N–H and O–H groups in total. The number of amides is 2. The van der Waals surface area contributed by atoms with E-state index in [4.69, 9.17) is 5.73 Å². The average Bonchev–Trinajstić information content (AvgIpc) is 2.26. The lowest BCUT2D eigenvalue weighted by molar-refractivity contribution is -0.134. The summed E-state index contributed by atoms with van der Waals surface area (Å²) in [6, 6.07) is 0. The molecular weight excluding hydrogens is 240 g/mol. The number of rotatable bonds is 8. The molecule has 0 fully saturated rings. The van der Waals surface area contributed by atoms with E-state index < -0.39 is 0 Å². The molecule has 0 aromatic heterocycles. The zero-order valence-corrected chi connectivity index (χ0v) is 13.1. The van der Waals surface area contributed by atoms with Crippen molar-refractivity contribution in [1.82, 2.24) is 5.32 Å². The maximum Gasteiger partial charge on any atom is 0.223 e. The van der Waals surface area contributed by atoms with Gasteiger partial charge in [0.05, 0.1) is 0 Å². The number of primary amides is 1. The molecule has 0 unspecified atom stereocenters. The second-order valence-electron chi connectivity index (χ2n) is 6.42. The van der Waals surface area contributed by atoms with Crippen LogP contribution in [0.4, 0.5) is 0 Å². The predicted molar refractivity (Wildman–Crippen MR) is 78.5 cm³/mol. The average molecular weight is 270 g/mol. The fraction of sp³-hybridized carbons (Fsp3) is 0.867. The number of nitrogens with one attached hydrogen (secondary N) is 1. The minimum Gasteiger partial charge on any atom is -0.369 e. The number of unbranched alkanes of at least 4 members (excludes halogenated alkanes) is 1. The maximum absolute atomic E-state index is 12.2. The summed E-state index contributed by atoms with van der Waals surface area (Å²) in [5.74, 6) is -1.07. The summed E-state index contributed by atoms with van der Waals surface area (Å²) in [7, 11) is 0. The van der Waals surface area contributed by atoms with E-state index in [-0.39, 0.29) is 29.1 Å². The Balaban J connectivity index is 5.03. The van der Waals surface area contributed by atoms with Gasteiger partial charge in [0, 0.05) is 18.4 Å². The van der Waals surface area contributed by atoms with Crippen molar-refractivity contribution in [3.8, 4) is 0 Å². The van der Waals surface area contributed by atoms with Gasteiger partial charge in [-0.05, 0) is 25.2 Å². The standard InChI is InChI=1S/C15H30N2O2/c1-6-8-9-11(13(16)18)12(10-15(3,4)5)14(19)17-7-2/h11-12H,6-10H2,1-5H3,(H2,16,18)(H,17,19)/t11-,12+/m0/s1. The first-order chi connectivity index (χ1) is 8.72. The molecule has 0 aliphatic rings. The van der Waals surface area contributed by atoms with Crippen LogP contribution in [0, 0.1) is 17.3 Å². The molecule has 0 aliphatic carbocycles. The smallest absolute Gasteiger partial charge is 0.223 e. The molecular formula is C15H30N2O2. The van der Waals surface area contributed by atoms with Crippen molar-refractivity contribution in [3.63, 3.8) is 0 Å². The number of hydrogen-bond donors (Lipinski definition) is 2. The molecule has 2 amide bonds. The summed E-state index contributed by atoms with van der Waals surface area (Å²) < 4.78 is 0. The van der Waals surface area contributed by atoms with Crippen molar-refractivity contribution < 1.29 is 9.59 Å². The third kappa shape index (κ3) is 7.19. The maximum atomic E-state index is 12.2. The second kappa shape index (κ2) is 8.18. The van der Waals surface area contributed by atoms with Crippen LogP contribution >= 0.6 is 0 Å². The van der Waals surface area contributed by atoms with E-state index in [1.807, 2.05) is 6.92 Å². The van der Waals surface area contributed by atoms with Crippen molar-refractivity contribution in [1.29, 1.82) is 0 Å². The number of carbonyl (C=O) groups is 2. The normalized spacial score (nSPS) is 14.8. The van der Waals surface area contributed by atoms with Crippen LogP contribution in [0.3, 0.4) is 0 Å². The van der Waals surface area contributed by atoms with E-state index >= 15 is 0 Å². The first-order valence-electron chi connectivity index (χ1n) is 7.30. The highest BCUT2D eigenvalue weighted by atomic mass is 16.2. The largest absolute Gasteiger partial charge is 0.369 e. The van der Waals surface area contributed by atoms with Gasteiger partial charge in [-0.1, -0.05) is 40.5 Å². The van der Waals surface area contributed by atoms with Gasteiger partial charge in [0.15, 0.2) is 0 Å². The highest BCUT2D eigenvalue weighted by molar-refractivity contribution is 5.86. The number of carbonyl (C=O) groups excluding carboxylic acids is 2. The third-order valence-electron chi connectivity index (χ3n) is 3.24. The monoisotopic (exact) mass is 270 g/mol. The molecule has 19 heavy (non-hydrogen) atoms. The van der Waals surface area contributed by atoms with Gasteiger partial charge in [0.1, 0.15) is 0 Å². The summed E-state index contributed by atoms with van der Waals surface area (Å²) in [5, 5.41) is 2.83. The van der Waals surface area contributed by atoms with Crippen molar-refractivity contribution >= 4 is 11.8 Å². The zero-order chi connectivity index (χ0) is 15.1. The van der Waals surface area contributed by atoms with Crippen LogP contribution in [0.1, 0.15) is 60.3 Å². The fourth-order valence-electron chi connectivity index (χ4n) is 2.35. The van der Waals surface area contributed by atoms with Gasteiger partial charge in [-0.2, -0.15) is 0 Å². The lowest BCUT2D eigenvalue weighted by Crippen LogP contribution is -2.42. The molecule has 0 bridgehead atoms. The van der Waals surface area contributed by atoms with E-state index in [2.05, 4.69) is 33.0 Å². The van der Waals surface area contributed by atoms with Crippen molar-refractivity contribution in [2.24, 2.45) is 23.0 Å². The van der Waals surface area contributed by atoms with Crippen LogP contribution in [0.5, 0.6) is 0 Å². The summed E-state index contributed by atoms with van der Waals surface area (Å²) >= 11 is 0.